The van der Waals surface area contributed by atoms with Crippen LogP contribution in [0.4, 0.5) is 0 Å². The topological polar surface area (TPSA) is 25.8 Å². The molecule has 1 aromatic heterocycles. The molecule has 0 saturated heterocycles. The second-order valence-corrected chi connectivity index (χ2v) is 4.98. The zero-order chi connectivity index (χ0) is 13.0. The van der Waals surface area contributed by atoms with Gasteiger partial charge in [-0.15, -0.1) is 0 Å². The van der Waals surface area contributed by atoms with Gasteiger partial charge in [0, 0.05) is 28.3 Å². The van der Waals surface area contributed by atoms with Gasteiger partial charge in [-0.1, -0.05) is 59.1 Å². The van der Waals surface area contributed by atoms with Crippen molar-refractivity contribution >= 4 is 15.9 Å². The first-order valence-electron chi connectivity index (χ1n) is 6.22. The van der Waals surface area contributed by atoms with Gasteiger partial charge in [-0.2, -0.15) is 0 Å². The minimum absolute atomic E-state index is 0.816. The molecule has 0 atom stereocenters. The average molecular weight is 305 g/mol. The van der Waals surface area contributed by atoms with Crippen molar-refractivity contribution in [2.75, 3.05) is 0 Å². The Morgan fingerprint density at radius 3 is 2.50 bits per heavy atom. The Morgan fingerprint density at radius 1 is 1.17 bits per heavy atom. The van der Waals surface area contributed by atoms with Gasteiger partial charge in [0.1, 0.15) is 0 Å². The molecule has 2 rings (SSSR count). The van der Waals surface area contributed by atoms with Gasteiger partial charge in [-0.3, -0.25) is 0 Å². The lowest BCUT2D eigenvalue weighted by Crippen LogP contribution is -2.00. The Bertz CT molecular complexity index is 521. The molecule has 0 spiro atoms. The maximum absolute atomic E-state index is 4.69. The SMILES string of the molecule is CCCc1nc(-c2ccc(C)cc2)ncc1CBr. The third kappa shape index (κ3) is 2.96. The summed E-state index contributed by atoms with van der Waals surface area (Å²) in [4.78, 5) is 9.14. The van der Waals surface area contributed by atoms with Crippen LogP contribution in [-0.2, 0) is 11.8 Å². The fourth-order valence-electron chi connectivity index (χ4n) is 1.85. The zero-order valence-corrected chi connectivity index (χ0v) is 12.4. The Labute approximate surface area is 117 Å². The molecular weight excluding hydrogens is 288 g/mol. The van der Waals surface area contributed by atoms with Crippen LogP contribution in [0.3, 0.4) is 0 Å². The Kier molecular flexibility index (Phi) is 4.48. The molecule has 0 saturated carbocycles. The molecule has 0 unspecified atom stereocenters. The molecule has 2 aromatic rings. The second-order valence-electron chi connectivity index (χ2n) is 4.42. The molecule has 3 heteroatoms. The second kappa shape index (κ2) is 6.10. The lowest BCUT2D eigenvalue weighted by Gasteiger charge is -2.07. The molecule has 2 nitrogen and oxygen atoms in total. The van der Waals surface area contributed by atoms with Gasteiger partial charge in [0.15, 0.2) is 5.82 Å². The number of halogens is 1. The Morgan fingerprint density at radius 2 is 1.89 bits per heavy atom. The number of benzene rings is 1. The van der Waals surface area contributed by atoms with E-state index in [-0.39, 0.29) is 0 Å². The van der Waals surface area contributed by atoms with Crippen LogP contribution < -0.4 is 0 Å². The maximum atomic E-state index is 4.69. The summed E-state index contributed by atoms with van der Waals surface area (Å²) in [6, 6.07) is 8.34. The van der Waals surface area contributed by atoms with E-state index in [1.807, 2.05) is 6.20 Å². The van der Waals surface area contributed by atoms with Gasteiger partial charge in [0.25, 0.3) is 0 Å². The van der Waals surface area contributed by atoms with Crippen molar-refractivity contribution in [3.05, 3.63) is 47.3 Å². The summed E-state index contributed by atoms with van der Waals surface area (Å²) >= 11 is 3.49. The van der Waals surface area contributed by atoms with Crippen LogP contribution >= 0.6 is 15.9 Å². The number of rotatable bonds is 4. The first-order valence-corrected chi connectivity index (χ1v) is 7.34. The third-order valence-electron chi connectivity index (χ3n) is 2.89. The first-order chi connectivity index (χ1) is 8.74. The van der Waals surface area contributed by atoms with E-state index in [0.717, 1.165) is 35.3 Å². The first kappa shape index (κ1) is 13.2. The molecule has 0 amide bonds. The number of alkyl halides is 1. The van der Waals surface area contributed by atoms with Gasteiger partial charge in [0.2, 0.25) is 0 Å². The van der Waals surface area contributed by atoms with Crippen molar-refractivity contribution in [3.63, 3.8) is 0 Å². The summed E-state index contributed by atoms with van der Waals surface area (Å²) in [7, 11) is 0. The highest BCUT2D eigenvalue weighted by Crippen LogP contribution is 2.19. The van der Waals surface area contributed by atoms with E-state index in [0.29, 0.717) is 0 Å². The maximum Gasteiger partial charge on any atom is 0.159 e. The molecule has 0 N–H and O–H groups in total. The summed E-state index contributed by atoms with van der Waals surface area (Å²) in [6.07, 6.45) is 4.04. The van der Waals surface area contributed by atoms with Crippen molar-refractivity contribution < 1.29 is 0 Å². The number of aromatic nitrogens is 2. The van der Waals surface area contributed by atoms with Crippen LogP contribution in [0.2, 0.25) is 0 Å². The molecule has 0 aliphatic carbocycles. The number of nitrogens with zero attached hydrogens (tertiary/aromatic N) is 2. The Hall–Kier alpha value is -1.22. The van der Waals surface area contributed by atoms with Crippen LogP contribution in [-0.4, -0.2) is 9.97 Å². The molecule has 0 radical (unpaired) electrons. The molecular formula is C15H17BrN2. The van der Waals surface area contributed by atoms with Gasteiger partial charge in [-0.25, -0.2) is 9.97 Å². The van der Waals surface area contributed by atoms with Gasteiger partial charge in [-0.05, 0) is 13.3 Å². The zero-order valence-electron chi connectivity index (χ0n) is 10.8. The Balaban J connectivity index is 2.39. The van der Waals surface area contributed by atoms with E-state index in [4.69, 9.17) is 4.98 Å². The van der Waals surface area contributed by atoms with Crippen molar-refractivity contribution in [1.82, 2.24) is 9.97 Å². The number of aryl methyl sites for hydroxylation is 2. The van der Waals surface area contributed by atoms with Crippen LogP contribution in [0.1, 0.15) is 30.2 Å². The standard InChI is InChI=1S/C15H17BrN2/c1-3-4-14-13(9-16)10-17-15(18-14)12-7-5-11(2)6-8-12/h5-8,10H,3-4,9H2,1-2H3. The molecule has 0 fully saturated rings. The lowest BCUT2D eigenvalue weighted by atomic mass is 10.1. The van der Waals surface area contributed by atoms with E-state index in [1.54, 1.807) is 0 Å². The molecule has 0 aliphatic rings. The lowest BCUT2D eigenvalue weighted by molar-refractivity contribution is 0.860. The van der Waals surface area contributed by atoms with Gasteiger partial charge in [0.05, 0.1) is 0 Å². The average Bonchev–Trinajstić information content (AvgIpc) is 2.40. The molecule has 94 valence electrons. The largest absolute Gasteiger partial charge is 0.236 e. The van der Waals surface area contributed by atoms with E-state index in [1.165, 1.54) is 11.1 Å². The minimum Gasteiger partial charge on any atom is -0.236 e. The summed E-state index contributed by atoms with van der Waals surface area (Å²) < 4.78 is 0. The van der Waals surface area contributed by atoms with Crippen LogP contribution in [0.15, 0.2) is 30.5 Å². The quantitative estimate of drug-likeness (QED) is 0.787. The van der Waals surface area contributed by atoms with Crippen molar-refractivity contribution in [1.29, 1.82) is 0 Å². The van der Waals surface area contributed by atoms with Gasteiger partial charge >= 0.3 is 0 Å². The molecule has 0 aliphatic heterocycles. The minimum atomic E-state index is 0.816. The van der Waals surface area contributed by atoms with E-state index in [2.05, 4.69) is 59.0 Å². The molecule has 18 heavy (non-hydrogen) atoms. The fourth-order valence-corrected chi connectivity index (χ4v) is 2.32. The third-order valence-corrected chi connectivity index (χ3v) is 3.50. The summed E-state index contributed by atoms with van der Waals surface area (Å²) in [6.45, 7) is 4.26. The number of hydrogen-bond donors (Lipinski definition) is 0. The summed E-state index contributed by atoms with van der Waals surface area (Å²) in [5, 5.41) is 0.816. The van der Waals surface area contributed by atoms with Crippen molar-refractivity contribution in [2.24, 2.45) is 0 Å². The molecule has 1 heterocycles. The smallest absolute Gasteiger partial charge is 0.159 e. The fraction of sp³-hybridized carbons (Fsp3) is 0.333. The molecule has 1 aromatic carbocycles. The number of hydrogen-bond acceptors (Lipinski definition) is 2. The highest BCUT2D eigenvalue weighted by molar-refractivity contribution is 9.08. The van der Waals surface area contributed by atoms with Crippen molar-refractivity contribution in [3.8, 4) is 11.4 Å². The monoisotopic (exact) mass is 304 g/mol. The van der Waals surface area contributed by atoms with Crippen LogP contribution in [0, 0.1) is 6.92 Å². The normalized spacial score (nSPS) is 10.6. The van der Waals surface area contributed by atoms with E-state index in [9.17, 15) is 0 Å². The van der Waals surface area contributed by atoms with Crippen LogP contribution in [0.25, 0.3) is 11.4 Å². The van der Waals surface area contributed by atoms with E-state index >= 15 is 0 Å². The van der Waals surface area contributed by atoms with Crippen LogP contribution in [0.5, 0.6) is 0 Å². The van der Waals surface area contributed by atoms with E-state index < -0.39 is 0 Å². The predicted molar refractivity (Wildman–Crippen MR) is 78.8 cm³/mol. The summed E-state index contributed by atoms with van der Waals surface area (Å²) in [5.74, 6) is 0.822. The highest BCUT2D eigenvalue weighted by Gasteiger charge is 2.07. The molecule has 0 bridgehead atoms. The van der Waals surface area contributed by atoms with Gasteiger partial charge < -0.3 is 0 Å². The summed E-state index contributed by atoms with van der Waals surface area (Å²) in [5.41, 5.74) is 4.68. The highest BCUT2D eigenvalue weighted by atomic mass is 79.9. The van der Waals surface area contributed by atoms with Crippen molar-refractivity contribution in [2.45, 2.75) is 32.0 Å². The predicted octanol–water partition coefficient (Wildman–Crippen LogP) is 4.30.